The van der Waals surface area contributed by atoms with Gasteiger partial charge >= 0.3 is 12.0 Å². The number of imide groups is 1. The Hall–Kier alpha value is -2.55. The Morgan fingerprint density at radius 1 is 1.25 bits per heavy atom. The number of hydrogen-bond donors (Lipinski definition) is 2. The molecule has 152 valence electrons. The highest BCUT2D eigenvalue weighted by Gasteiger charge is 2.37. The van der Waals surface area contributed by atoms with Crippen molar-refractivity contribution in [2.75, 3.05) is 17.7 Å². The van der Waals surface area contributed by atoms with E-state index in [4.69, 9.17) is 4.74 Å². The van der Waals surface area contributed by atoms with Crippen molar-refractivity contribution < 1.29 is 23.9 Å². The summed E-state index contributed by atoms with van der Waals surface area (Å²) in [5.41, 5.74) is 0.725. The molecule has 1 heterocycles. The van der Waals surface area contributed by atoms with E-state index >= 15 is 0 Å². The third-order valence-electron chi connectivity index (χ3n) is 4.14. The lowest BCUT2D eigenvalue weighted by atomic mass is 10.1. The fourth-order valence-electron chi connectivity index (χ4n) is 2.73. The summed E-state index contributed by atoms with van der Waals surface area (Å²) in [6.45, 7) is 5.08. The summed E-state index contributed by atoms with van der Waals surface area (Å²) in [6.07, 6.45) is 0.818. The van der Waals surface area contributed by atoms with E-state index in [1.54, 1.807) is 30.5 Å². The molecule has 1 aliphatic heterocycles. The normalized spacial score (nSPS) is 17.4. The molecule has 28 heavy (non-hydrogen) atoms. The lowest BCUT2D eigenvalue weighted by Crippen LogP contribution is -2.47. The summed E-state index contributed by atoms with van der Waals surface area (Å²) in [6, 6.07) is 6.71. The molecule has 0 radical (unpaired) electrons. The largest absolute Gasteiger partial charge is 0.452 e. The molecule has 2 rings (SSSR count). The van der Waals surface area contributed by atoms with Gasteiger partial charge in [-0.15, -0.1) is 11.8 Å². The van der Waals surface area contributed by atoms with Crippen molar-refractivity contribution in [3.63, 3.8) is 0 Å². The fraction of sp³-hybridized carbons (Fsp3) is 0.474. The Kier molecular flexibility index (Phi) is 7.45. The van der Waals surface area contributed by atoms with Crippen LogP contribution in [-0.4, -0.2) is 48.8 Å². The van der Waals surface area contributed by atoms with E-state index in [1.165, 1.54) is 6.92 Å². The number of hydrogen-bond acceptors (Lipinski definition) is 6. The molecule has 9 heteroatoms. The summed E-state index contributed by atoms with van der Waals surface area (Å²) < 4.78 is 5.17. The van der Waals surface area contributed by atoms with E-state index in [0.29, 0.717) is 0 Å². The molecule has 4 amide bonds. The van der Waals surface area contributed by atoms with E-state index < -0.39 is 29.9 Å². The zero-order valence-electron chi connectivity index (χ0n) is 16.4. The van der Waals surface area contributed by atoms with Gasteiger partial charge in [0.1, 0.15) is 0 Å². The van der Waals surface area contributed by atoms with Crippen LogP contribution in [0.15, 0.2) is 29.2 Å². The van der Waals surface area contributed by atoms with Crippen LogP contribution >= 0.6 is 11.8 Å². The molecule has 0 unspecified atom stereocenters. The van der Waals surface area contributed by atoms with Gasteiger partial charge in [0.25, 0.3) is 5.91 Å². The first-order valence-electron chi connectivity index (χ1n) is 8.97. The Balaban J connectivity index is 1.93. The van der Waals surface area contributed by atoms with Crippen LogP contribution in [0.2, 0.25) is 0 Å². The maximum Gasteiger partial charge on any atom is 0.321 e. The molecule has 1 aromatic carbocycles. The first kappa shape index (κ1) is 21.7. The SMILES string of the molecule is CSc1cccc(N2C[C@H](C(=O)O[C@H](C)C(=O)NC(=O)NC(C)C)CC2=O)c1. The van der Waals surface area contributed by atoms with E-state index in [-0.39, 0.29) is 24.9 Å². The van der Waals surface area contributed by atoms with Gasteiger partial charge in [0, 0.05) is 29.6 Å². The van der Waals surface area contributed by atoms with Crippen LogP contribution in [0, 0.1) is 5.92 Å². The van der Waals surface area contributed by atoms with Gasteiger partial charge in [-0.25, -0.2) is 4.79 Å². The summed E-state index contributed by atoms with van der Waals surface area (Å²) in [7, 11) is 0. The molecule has 2 atom stereocenters. The van der Waals surface area contributed by atoms with Gasteiger partial charge in [0.15, 0.2) is 6.10 Å². The number of nitrogens with one attached hydrogen (secondary N) is 2. The summed E-state index contributed by atoms with van der Waals surface area (Å²) in [5.74, 6) is -2.19. The summed E-state index contributed by atoms with van der Waals surface area (Å²) >= 11 is 1.56. The van der Waals surface area contributed by atoms with Crippen molar-refractivity contribution >= 4 is 41.3 Å². The monoisotopic (exact) mass is 407 g/mol. The molecule has 1 fully saturated rings. The second kappa shape index (κ2) is 9.59. The lowest BCUT2D eigenvalue weighted by molar-refractivity contribution is -0.158. The third kappa shape index (κ3) is 5.72. The second-order valence-corrected chi connectivity index (χ2v) is 7.68. The average molecular weight is 407 g/mol. The Labute approximate surface area is 168 Å². The van der Waals surface area contributed by atoms with E-state index in [9.17, 15) is 19.2 Å². The Bertz CT molecular complexity index is 768. The number of amides is 4. The zero-order valence-corrected chi connectivity index (χ0v) is 17.2. The molecule has 0 bridgehead atoms. The molecule has 8 nitrogen and oxygen atoms in total. The van der Waals surface area contributed by atoms with Crippen molar-refractivity contribution in [1.29, 1.82) is 0 Å². The highest BCUT2D eigenvalue weighted by Crippen LogP contribution is 2.28. The molecule has 0 spiro atoms. The van der Waals surface area contributed by atoms with Gasteiger partial charge < -0.3 is 15.0 Å². The number of rotatable bonds is 6. The fourth-order valence-corrected chi connectivity index (χ4v) is 3.18. The molecule has 2 N–H and O–H groups in total. The van der Waals surface area contributed by atoms with Gasteiger partial charge in [-0.1, -0.05) is 6.07 Å². The number of ether oxygens (including phenoxy) is 1. The van der Waals surface area contributed by atoms with Crippen LogP contribution in [0.4, 0.5) is 10.5 Å². The predicted octanol–water partition coefficient (Wildman–Crippen LogP) is 1.93. The van der Waals surface area contributed by atoms with Gasteiger partial charge in [0.2, 0.25) is 5.91 Å². The van der Waals surface area contributed by atoms with Crippen LogP contribution in [0.3, 0.4) is 0 Å². The van der Waals surface area contributed by atoms with Crippen LogP contribution in [0.25, 0.3) is 0 Å². The Morgan fingerprint density at radius 2 is 1.96 bits per heavy atom. The van der Waals surface area contributed by atoms with Crippen molar-refractivity contribution in [1.82, 2.24) is 10.6 Å². The number of carbonyl (C=O) groups excluding carboxylic acids is 4. The van der Waals surface area contributed by atoms with Crippen molar-refractivity contribution in [2.24, 2.45) is 5.92 Å². The lowest BCUT2D eigenvalue weighted by Gasteiger charge is -2.18. The highest BCUT2D eigenvalue weighted by atomic mass is 32.2. The molecular formula is C19H25N3O5S. The molecule has 1 aliphatic rings. The van der Waals surface area contributed by atoms with Gasteiger partial charge in [0.05, 0.1) is 5.92 Å². The van der Waals surface area contributed by atoms with Gasteiger partial charge in [-0.3, -0.25) is 19.7 Å². The number of benzene rings is 1. The summed E-state index contributed by atoms with van der Waals surface area (Å²) in [4.78, 5) is 50.8. The van der Waals surface area contributed by atoms with Crippen molar-refractivity contribution in [3.05, 3.63) is 24.3 Å². The number of nitrogens with zero attached hydrogens (tertiary/aromatic N) is 1. The second-order valence-electron chi connectivity index (χ2n) is 6.80. The molecule has 0 aliphatic carbocycles. The van der Waals surface area contributed by atoms with Crippen LogP contribution in [0.1, 0.15) is 27.2 Å². The maximum atomic E-state index is 12.4. The van der Waals surface area contributed by atoms with Crippen molar-refractivity contribution in [2.45, 2.75) is 44.2 Å². The minimum absolute atomic E-state index is 0.0184. The van der Waals surface area contributed by atoms with E-state index in [1.807, 2.05) is 30.5 Å². The molecule has 0 aromatic heterocycles. The zero-order chi connectivity index (χ0) is 20.8. The highest BCUT2D eigenvalue weighted by molar-refractivity contribution is 7.98. The number of esters is 1. The van der Waals surface area contributed by atoms with Gasteiger partial charge in [-0.05, 0) is 45.2 Å². The van der Waals surface area contributed by atoms with Crippen LogP contribution in [0.5, 0.6) is 0 Å². The predicted molar refractivity (Wildman–Crippen MR) is 106 cm³/mol. The van der Waals surface area contributed by atoms with Gasteiger partial charge in [-0.2, -0.15) is 0 Å². The Morgan fingerprint density at radius 3 is 2.61 bits per heavy atom. The first-order chi connectivity index (χ1) is 13.2. The molecule has 0 saturated carbocycles. The summed E-state index contributed by atoms with van der Waals surface area (Å²) in [5, 5.41) is 4.63. The average Bonchev–Trinajstić information content (AvgIpc) is 3.02. The van der Waals surface area contributed by atoms with Crippen LogP contribution < -0.4 is 15.5 Å². The van der Waals surface area contributed by atoms with Crippen molar-refractivity contribution in [3.8, 4) is 0 Å². The smallest absolute Gasteiger partial charge is 0.321 e. The van der Waals surface area contributed by atoms with E-state index in [2.05, 4.69) is 10.6 Å². The quantitative estimate of drug-likeness (QED) is 0.551. The standard InChI is InChI=1S/C19H25N3O5S/c1-11(2)20-19(26)21-17(24)12(3)27-18(25)13-8-16(23)22(10-13)14-6-5-7-15(9-14)28-4/h5-7,9,11-13H,8,10H2,1-4H3,(H2,20,21,24,26)/t12-,13-/m1/s1. The number of thioether (sulfide) groups is 1. The number of carbonyl (C=O) groups is 4. The number of anilines is 1. The maximum absolute atomic E-state index is 12.4. The first-order valence-corrected chi connectivity index (χ1v) is 10.2. The van der Waals surface area contributed by atoms with E-state index in [0.717, 1.165) is 10.6 Å². The molecule has 1 aromatic rings. The van der Waals surface area contributed by atoms with Crippen LogP contribution in [-0.2, 0) is 19.1 Å². The third-order valence-corrected chi connectivity index (χ3v) is 4.87. The molecular weight excluding hydrogens is 382 g/mol. The topological polar surface area (TPSA) is 105 Å². The number of urea groups is 1. The minimum Gasteiger partial charge on any atom is -0.452 e. The molecule has 1 saturated heterocycles. The minimum atomic E-state index is -1.14.